The van der Waals surface area contributed by atoms with E-state index in [1.54, 1.807) is 0 Å². The number of nitrogens with one attached hydrogen (secondary N) is 2. The van der Waals surface area contributed by atoms with Crippen LogP contribution in [0.15, 0.2) is 6.07 Å². The van der Waals surface area contributed by atoms with Gasteiger partial charge in [0.15, 0.2) is 0 Å². The molecule has 5 heteroatoms. The minimum absolute atomic E-state index is 0.0934. The molecule has 0 spiro atoms. The maximum absolute atomic E-state index is 5.47. The van der Waals surface area contributed by atoms with Gasteiger partial charge >= 0.3 is 0 Å². The van der Waals surface area contributed by atoms with Crippen LogP contribution in [0.4, 0.5) is 11.6 Å². The first-order valence-electron chi connectivity index (χ1n) is 6.47. The van der Waals surface area contributed by atoms with E-state index in [0.29, 0.717) is 5.82 Å². The highest BCUT2D eigenvalue weighted by Gasteiger charge is 2.32. The Morgan fingerprint density at radius 1 is 1.22 bits per heavy atom. The molecule has 0 amide bonds. The minimum atomic E-state index is -0.0934. The third-order valence-electron chi connectivity index (χ3n) is 3.43. The molecule has 1 saturated carbocycles. The van der Waals surface area contributed by atoms with Gasteiger partial charge in [0.25, 0.3) is 0 Å². The van der Waals surface area contributed by atoms with Crippen molar-refractivity contribution in [3.63, 3.8) is 0 Å². The van der Waals surface area contributed by atoms with Gasteiger partial charge in [0, 0.05) is 17.0 Å². The van der Waals surface area contributed by atoms with Gasteiger partial charge in [-0.2, -0.15) is 0 Å². The summed E-state index contributed by atoms with van der Waals surface area (Å²) in [5.41, 5.74) is 2.69. The zero-order chi connectivity index (χ0) is 13.4. The van der Waals surface area contributed by atoms with Crippen molar-refractivity contribution in [1.29, 1.82) is 0 Å². The van der Waals surface area contributed by atoms with E-state index in [9.17, 15) is 0 Å². The number of hydrogen-bond acceptors (Lipinski definition) is 5. The van der Waals surface area contributed by atoms with Gasteiger partial charge in [-0.05, 0) is 26.2 Å². The first-order chi connectivity index (χ1) is 8.32. The lowest BCUT2D eigenvalue weighted by Crippen LogP contribution is -2.42. The summed E-state index contributed by atoms with van der Waals surface area (Å²) in [6.07, 6.45) is 3.66. The maximum Gasteiger partial charge on any atom is 0.145 e. The number of nitrogens with zero attached hydrogens (tertiary/aromatic N) is 2. The summed E-state index contributed by atoms with van der Waals surface area (Å²) in [6, 6.07) is 1.86. The SMILES string of the molecule is CC1(Nc2cc(NN)nc(C(C)(C)C)n2)CCC1. The highest BCUT2D eigenvalue weighted by molar-refractivity contribution is 5.49. The second kappa shape index (κ2) is 4.39. The average molecular weight is 249 g/mol. The van der Waals surface area contributed by atoms with Crippen LogP contribution >= 0.6 is 0 Å². The molecule has 0 atom stereocenters. The Morgan fingerprint density at radius 3 is 2.28 bits per heavy atom. The third kappa shape index (κ3) is 2.72. The number of hydrazine groups is 1. The summed E-state index contributed by atoms with van der Waals surface area (Å²) in [5.74, 6) is 7.77. The van der Waals surface area contributed by atoms with E-state index in [2.05, 4.69) is 48.4 Å². The van der Waals surface area contributed by atoms with E-state index < -0.39 is 0 Å². The van der Waals surface area contributed by atoms with Crippen LogP contribution in [0.5, 0.6) is 0 Å². The van der Waals surface area contributed by atoms with Crippen LogP contribution in [0.2, 0.25) is 0 Å². The van der Waals surface area contributed by atoms with Gasteiger partial charge in [-0.3, -0.25) is 0 Å². The molecule has 1 aromatic heterocycles. The zero-order valence-corrected chi connectivity index (χ0v) is 11.7. The highest BCUT2D eigenvalue weighted by atomic mass is 15.3. The average Bonchev–Trinajstić information content (AvgIpc) is 2.25. The lowest BCUT2D eigenvalue weighted by Gasteiger charge is -2.39. The fraction of sp³-hybridized carbons (Fsp3) is 0.692. The lowest BCUT2D eigenvalue weighted by molar-refractivity contribution is 0.305. The zero-order valence-electron chi connectivity index (χ0n) is 11.7. The van der Waals surface area contributed by atoms with Crippen LogP contribution in [0.3, 0.4) is 0 Å². The molecule has 0 radical (unpaired) electrons. The van der Waals surface area contributed by atoms with Crippen LogP contribution in [0.25, 0.3) is 0 Å². The molecule has 0 aliphatic heterocycles. The summed E-state index contributed by atoms with van der Waals surface area (Å²) in [7, 11) is 0. The van der Waals surface area contributed by atoms with Crippen LogP contribution < -0.4 is 16.6 Å². The van der Waals surface area contributed by atoms with Crippen LogP contribution in [-0.4, -0.2) is 15.5 Å². The molecule has 0 aromatic carbocycles. The Balaban J connectivity index is 2.29. The van der Waals surface area contributed by atoms with E-state index in [1.807, 2.05) is 6.07 Å². The summed E-state index contributed by atoms with van der Waals surface area (Å²) in [6.45, 7) is 8.51. The number of hydrogen-bond donors (Lipinski definition) is 3. The molecule has 1 aliphatic rings. The maximum atomic E-state index is 5.47. The predicted octanol–water partition coefficient (Wildman–Crippen LogP) is 2.41. The monoisotopic (exact) mass is 249 g/mol. The number of rotatable bonds is 3. The van der Waals surface area contributed by atoms with Crippen molar-refractivity contribution >= 4 is 11.6 Å². The van der Waals surface area contributed by atoms with Gasteiger partial charge in [0.2, 0.25) is 0 Å². The Morgan fingerprint density at radius 2 is 1.83 bits per heavy atom. The largest absolute Gasteiger partial charge is 0.365 e. The predicted molar refractivity (Wildman–Crippen MR) is 74.4 cm³/mol. The quantitative estimate of drug-likeness (QED) is 0.566. The molecule has 1 aliphatic carbocycles. The van der Waals surface area contributed by atoms with E-state index in [4.69, 9.17) is 5.84 Å². The molecule has 0 bridgehead atoms. The third-order valence-corrected chi connectivity index (χ3v) is 3.43. The highest BCUT2D eigenvalue weighted by Crippen LogP contribution is 2.34. The van der Waals surface area contributed by atoms with Crippen LogP contribution in [0, 0.1) is 0 Å². The second-order valence-electron chi connectivity index (χ2n) is 6.40. The second-order valence-corrected chi connectivity index (χ2v) is 6.40. The van der Waals surface area contributed by atoms with Gasteiger partial charge in [0.1, 0.15) is 17.5 Å². The van der Waals surface area contributed by atoms with Gasteiger partial charge in [0.05, 0.1) is 0 Å². The number of nitrogen functional groups attached to an aromatic ring is 1. The van der Waals surface area contributed by atoms with Crippen molar-refractivity contribution < 1.29 is 0 Å². The van der Waals surface area contributed by atoms with Crippen LogP contribution in [0.1, 0.15) is 52.8 Å². The Bertz CT molecular complexity index is 431. The number of aromatic nitrogens is 2. The first-order valence-corrected chi connectivity index (χ1v) is 6.47. The number of anilines is 2. The van der Waals surface area contributed by atoms with Crippen molar-refractivity contribution in [1.82, 2.24) is 9.97 Å². The van der Waals surface area contributed by atoms with Gasteiger partial charge in [-0.1, -0.05) is 20.8 Å². The summed E-state index contributed by atoms with van der Waals surface area (Å²) in [4.78, 5) is 9.01. The molecule has 2 rings (SSSR count). The molecule has 5 nitrogen and oxygen atoms in total. The van der Waals surface area contributed by atoms with Crippen molar-refractivity contribution in [2.75, 3.05) is 10.7 Å². The minimum Gasteiger partial charge on any atom is -0.365 e. The first kappa shape index (κ1) is 13.1. The molecule has 0 saturated heterocycles. The Kier molecular flexibility index (Phi) is 3.19. The molecule has 100 valence electrons. The lowest BCUT2D eigenvalue weighted by atomic mass is 9.78. The Labute approximate surface area is 109 Å². The molecule has 18 heavy (non-hydrogen) atoms. The standard InChI is InChI=1S/C13H23N5/c1-12(2,3)11-15-9(8-10(16-11)18-14)17-13(4)6-5-7-13/h8H,5-7,14H2,1-4H3,(H2,15,16,17,18). The summed E-state index contributed by atoms with van der Waals surface area (Å²) in [5, 5.41) is 3.50. The van der Waals surface area contributed by atoms with E-state index in [1.165, 1.54) is 19.3 Å². The topological polar surface area (TPSA) is 75.9 Å². The van der Waals surface area contributed by atoms with Gasteiger partial charge in [-0.25, -0.2) is 15.8 Å². The van der Waals surface area contributed by atoms with E-state index in [0.717, 1.165) is 11.6 Å². The van der Waals surface area contributed by atoms with E-state index >= 15 is 0 Å². The van der Waals surface area contributed by atoms with E-state index in [-0.39, 0.29) is 11.0 Å². The fourth-order valence-corrected chi connectivity index (χ4v) is 2.06. The molecule has 1 aromatic rings. The molecular weight excluding hydrogens is 226 g/mol. The summed E-state index contributed by atoms with van der Waals surface area (Å²) >= 11 is 0. The van der Waals surface area contributed by atoms with Crippen molar-refractivity contribution in [3.05, 3.63) is 11.9 Å². The van der Waals surface area contributed by atoms with Crippen LogP contribution in [-0.2, 0) is 5.41 Å². The molecular formula is C13H23N5. The normalized spacial score (nSPS) is 18.1. The molecule has 1 fully saturated rings. The fourth-order valence-electron chi connectivity index (χ4n) is 2.06. The molecule has 4 N–H and O–H groups in total. The van der Waals surface area contributed by atoms with Crippen molar-refractivity contribution in [2.45, 2.75) is 57.9 Å². The summed E-state index contributed by atoms with van der Waals surface area (Å²) < 4.78 is 0. The number of nitrogens with two attached hydrogens (primary N) is 1. The van der Waals surface area contributed by atoms with Crippen molar-refractivity contribution in [3.8, 4) is 0 Å². The van der Waals surface area contributed by atoms with Crippen molar-refractivity contribution in [2.24, 2.45) is 5.84 Å². The smallest absolute Gasteiger partial charge is 0.145 e. The molecule has 1 heterocycles. The molecule has 0 unspecified atom stereocenters. The van der Waals surface area contributed by atoms with Gasteiger partial charge in [-0.15, -0.1) is 0 Å². The van der Waals surface area contributed by atoms with Gasteiger partial charge < -0.3 is 10.7 Å². The Hall–Kier alpha value is -1.36.